The molecule has 18 heavy (non-hydrogen) atoms. The summed E-state index contributed by atoms with van der Waals surface area (Å²) in [5.74, 6) is -4.67. The number of ether oxygens (including phenoxy) is 1. The summed E-state index contributed by atoms with van der Waals surface area (Å²) in [6.07, 6.45) is -0.550. The fraction of sp³-hybridized carbons (Fsp3) is 0.833. The molecule has 6 heteroatoms. The van der Waals surface area contributed by atoms with E-state index in [2.05, 4.69) is 10.1 Å². The molecule has 1 aliphatic rings. The first-order valence-electron chi connectivity index (χ1n) is 6.03. The molecule has 0 bridgehead atoms. The standard InChI is InChI=1S/C12H19F2NO3/c1-7(2)9(11(17)18-3)15-10(16)8-4-5-12(13,14)6-8/h7-9H,4-6H2,1-3H3,(H,15,16). The Bertz CT molecular complexity index is 331. The van der Waals surface area contributed by atoms with E-state index < -0.39 is 36.2 Å². The molecule has 0 saturated heterocycles. The van der Waals surface area contributed by atoms with Gasteiger partial charge in [-0.1, -0.05) is 13.8 Å². The zero-order valence-electron chi connectivity index (χ0n) is 10.8. The zero-order chi connectivity index (χ0) is 13.9. The van der Waals surface area contributed by atoms with E-state index in [1.807, 2.05) is 0 Å². The quantitative estimate of drug-likeness (QED) is 0.786. The Labute approximate surface area is 105 Å². The largest absolute Gasteiger partial charge is 0.467 e. The number of methoxy groups -OCH3 is 1. The first-order chi connectivity index (χ1) is 8.26. The summed E-state index contributed by atoms with van der Waals surface area (Å²) in [6.45, 7) is 3.51. The van der Waals surface area contributed by atoms with Crippen LogP contribution in [0.3, 0.4) is 0 Å². The molecule has 0 heterocycles. The highest BCUT2D eigenvalue weighted by molar-refractivity contribution is 5.86. The van der Waals surface area contributed by atoms with Crippen LogP contribution in [0.2, 0.25) is 0 Å². The lowest BCUT2D eigenvalue weighted by molar-refractivity contribution is -0.147. The van der Waals surface area contributed by atoms with Crippen LogP contribution in [-0.4, -0.2) is 31.0 Å². The predicted molar refractivity (Wildman–Crippen MR) is 61.1 cm³/mol. The maximum Gasteiger partial charge on any atom is 0.328 e. The molecule has 0 radical (unpaired) electrons. The van der Waals surface area contributed by atoms with Gasteiger partial charge in [-0.15, -0.1) is 0 Å². The first kappa shape index (κ1) is 14.9. The topological polar surface area (TPSA) is 55.4 Å². The van der Waals surface area contributed by atoms with Crippen LogP contribution in [0, 0.1) is 11.8 Å². The average Bonchev–Trinajstić information content (AvgIpc) is 2.64. The number of nitrogens with one attached hydrogen (secondary N) is 1. The smallest absolute Gasteiger partial charge is 0.328 e. The van der Waals surface area contributed by atoms with Crippen molar-refractivity contribution >= 4 is 11.9 Å². The Balaban J connectivity index is 2.60. The van der Waals surface area contributed by atoms with Gasteiger partial charge < -0.3 is 10.1 Å². The molecule has 2 unspecified atom stereocenters. The van der Waals surface area contributed by atoms with Gasteiger partial charge in [0, 0.05) is 18.8 Å². The third kappa shape index (κ3) is 3.65. The minimum Gasteiger partial charge on any atom is -0.467 e. The Morgan fingerprint density at radius 1 is 1.39 bits per heavy atom. The van der Waals surface area contributed by atoms with Crippen LogP contribution in [-0.2, 0) is 14.3 Å². The SMILES string of the molecule is COC(=O)C(NC(=O)C1CCC(F)(F)C1)C(C)C. The van der Waals surface area contributed by atoms with Gasteiger partial charge in [0.25, 0.3) is 0 Å². The van der Waals surface area contributed by atoms with Crippen LogP contribution >= 0.6 is 0 Å². The van der Waals surface area contributed by atoms with Gasteiger partial charge >= 0.3 is 5.97 Å². The number of hydrogen-bond acceptors (Lipinski definition) is 3. The Kier molecular flexibility index (Phi) is 4.65. The van der Waals surface area contributed by atoms with Crippen LogP contribution in [0.5, 0.6) is 0 Å². The van der Waals surface area contributed by atoms with Crippen LogP contribution in [0.15, 0.2) is 0 Å². The van der Waals surface area contributed by atoms with E-state index in [4.69, 9.17) is 0 Å². The van der Waals surface area contributed by atoms with Crippen molar-refractivity contribution in [2.45, 2.75) is 45.1 Å². The van der Waals surface area contributed by atoms with E-state index in [0.29, 0.717) is 0 Å². The number of alkyl halides is 2. The molecule has 0 aliphatic heterocycles. The van der Waals surface area contributed by atoms with E-state index >= 15 is 0 Å². The molecular weight excluding hydrogens is 244 g/mol. The molecule has 1 saturated carbocycles. The number of rotatable bonds is 4. The summed E-state index contributed by atoms with van der Waals surface area (Å²) in [6, 6.07) is -0.781. The van der Waals surface area contributed by atoms with Crippen molar-refractivity contribution in [3.05, 3.63) is 0 Å². The van der Waals surface area contributed by atoms with E-state index in [9.17, 15) is 18.4 Å². The Morgan fingerprint density at radius 2 is 2.00 bits per heavy atom. The molecule has 104 valence electrons. The van der Waals surface area contributed by atoms with Crippen molar-refractivity contribution in [1.82, 2.24) is 5.32 Å². The second-order valence-corrected chi connectivity index (χ2v) is 5.05. The maximum atomic E-state index is 13.0. The van der Waals surface area contributed by atoms with Gasteiger partial charge in [-0.25, -0.2) is 13.6 Å². The van der Waals surface area contributed by atoms with E-state index in [-0.39, 0.29) is 18.8 Å². The summed E-state index contributed by atoms with van der Waals surface area (Å²) in [5, 5.41) is 2.50. The summed E-state index contributed by atoms with van der Waals surface area (Å²) < 4.78 is 30.6. The number of carbonyl (C=O) groups is 2. The second-order valence-electron chi connectivity index (χ2n) is 5.05. The molecule has 0 aromatic heterocycles. The minimum atomic E-state index is -2.76. The van der Waals surface area contributed by atoms with Crippen molar-refractivity contribution in [3.63, 3.8) is 0 Å². The van der Waals surface area contributed by atoms with Crippen molar-refractivity contribution in [1.29, 1.82) is 0 Å². The summed E-state index contributed by atoms with van der Waals surface area (Å²) >= 11 is 0. The normalized spacial score (nSPS) is 23.8. The van der Waals surface area contributed by atoms with Crippen molar-refractivity contribution < 1.29 is 23.1 Å². The number of esters is 1. The summed E-state index contributed by atoms with van der Waals surface area (Å²) in [4.78, 5) is 23.3. The molecule has 1 aliphatic carbocycles. The molecule has 4 nitrogen and oxygen atoms in total. The molecule has 1 N–H and O–H groups in total. The average molecular weight is 263 g/mol. The molecule has 2 atom stereocenters. The molecule has 0 aromatic carbocycles. The van der Waals surface area contributed by atoms with E-state index in [1.54, 1.807) is 13.8 Å². The van der Waals surface area contributed by atoms with Crippen molar-refractivity contribution in [2.75, 3.05) is 7.11 Å². The Morgan fingerprint density at radius 3 is 2.39 bits per heavy atom. The van der Waals surface area contributed by atoms with Gasteiger partial charge in [0.2, 0.25) is 11.8 Å². The third-order valence-corrected chi connectivity index (χ3v) is 3.19. The van der Waals surface area contributed by atoms with Crippen molar-refractivity contribution in [3.8, 4) is 0 Å². The van der Waals surface area contributed by atoms with Gasteiger partial charge in [0.15, 0.2) is 0 Å². The molecular formula is C12H19F2NO3. The first-order valence-corrected chi connectivity index (χ1v) is 6.03. The Hall–Kier alpha value is -1.20. The molecule has 1 amide bonds. The van der Waals surface area contributed by atoms with E-state index in [0.717, 1.165) is 0 Å². The third-order valence-electron chi connectivity index (χ3n) is 3.19. The van der Waals surface area contributed by atoms with Gasteiger partial charge in [-0.05, 0) is 12.3 Å². The fourth-order valence-electron chi connectivity index (χ4n) is 2.07. The van der Waals surface area contributed by atoms with Crippen LogP contribution in [0.25, 0.3) is 0 Å². The van der Waals surface area contributed by atoms with Gasteiger partial charge in [-0.2, -0.15) is 0 Å². The van der Waals surface area contributed by atoms with Crippen LogP contribution < -0.4 is 5.32 Å². The minimum absolute atomic E-state index is 0.150. The van der Waals surface area contributed by atoms with Crippen LogP contribution in [0.1, 0.15) is 33.1 Å². The summed E-state index contributed by atoms with van der Waals surface area (Å²) in [7, 11) is 1.23. The van der Waals surface area contributed by atoms with Gasteiger partial charge in [-0.3, -0.25) is 4.79 Å². The number of carbonyl (C=O) groups excluding carboxylic acids is 2. The highest BCUT2D eigenvalue weighted by atomic mass is 19.3. The second kappa shape index (κ2) is 5.63. The highest BCUT2D eigenvalue weighted by Gasteiger charge is 2.43. The van der Waals surface area contributed by atoms with Crippen molar-refractivity contribution in [2.24, 2.45) is 11.8 Å². The maximum absolute atomic E-state index is 13.0. The lowest BCUT2D eigenvalue weighted by atomic mass is 10.0. The molecule has 0 spiro atoms. The highest BCUT2D eigenvalue weighted by Crippen LogP contribution is 2.38. The number of halogens is 2. The van der Waals surface area contributed by atoms with E-state index in [1.165, 1.54) is 7.11 Å². The lowest BCUT2D eigenvalue weighted by Crippen LogP contribution is -2.47. The van der Waals surface area contributed by atoms with Gasteiger partial charge in [0.1, 0.15) is 6.04 Å². The molecule has 1 fully saturated rings. The fourth-order valence-corrected chi connectivity index (χ4v) is 2.07. The van der Waals surface area contributed by atoms with Gasteiger partial charge in [0.05, 0.1) is 7.11 Å². The zero-order valence-corrected chi connectivity index (χ0v) is 10.8. The van der Waals surface area contributed by atoms with Crippen LogP contribution in [0.4, 0.5) is 8.78 Å². The number of hydrogen-bond donors (Lipinski definition) is 1. The predicted octanol–water partition coefficient (Wildman–Crippen LogP) is 1.74. The lowest BCUT2D eigenvalue weighted by Gasteiger charge is -2.21. The number of amides is 1. The molecule has 0 aromatic rings. The molecule has 1 rings (SSSR count). The summed E-state index contributed by atoms with van der Waals surface area (Å²) in [5.41, 5.74) is 0. The monoisotopic (exact) mass is 263 g/mol.